The number of carbonyl (C=O) groups is 3. The van der Waals surface area contributed by atoms with Crippen molar-refractivity contribution in [1.29, 1.82) is 0 Å². The SMILES string of the molecule is Cc1ccc(N2C(=O)N(CC(=O)Nc3ccc(C)c(F)c3)C(=O)C2C)cc1. The molecule has 6 nitrogen and oxygen atoms in total. The first-order chi connectivity index (χ1) is 12.8. The van der Waals surface area contributed by atoms with E-state index in [1.807, 2.05) is 19.1 Å². The summed E-state index contributed by atoms with van der Waals surface area (Å²) in [5, 5.41) is 2.51. The van der Waals surface area contributed by atoms with Crippen LogP contribution in [-0.4, -0.2) is 35.3 Å². The molecule has 1 atom stereocenters. The predicted molar refractivity (Wildman–Crippen MR) is 100.0 cm³/mol. The minimum atomic E-state index is -0.704. The number of aryl methyl sites for hydroxylation is 2. The molecule has 1 unspecified atom stereocenters. The third-order valence-electron chi connectivity index (χ3n) is 4.52. The van der Waals surface area contributed by atoms with Crippen LogP contribution in [0.15, 0.2) is 42.5 Å². The fourth-order valence-electron chi connectivity index (χ4n) is 2.93. The van der Waals surface area contributed by atoms with Gasteiger partial charge in [0.25, 0.3) is 5.91 Å². The molecule has 1 heterocycles. The first-order valence-corrected chi connectivity index (χ1v) is 8.55. The third kappa shape index (κ3) is 3.67. The number of benzene rings is 2. The van der Waals surface area contributed by atoms with Gasteiger partial charge in [-0.1, -0.05) is 23.8 Å². The first kappa shape index (κ1) is 18.6. The second kappa shape index (κ2) is 7.19. The lowest BCUT2D eigenvalue weighted by Crippen LogP contribution is -2.39. The largest absolute Gasteiger partial charge is 0.332 e. The standard InChI is InChI=1S/C20H20FN3O3/c1-12-4-8-16(9-5-12)24-14(3)19(26)23(20(24)27)11-18(25)22-15-7-6-13(2)17(21)10-15/h4-10,14H,11H2,1-3H3,(H,22,25). The Hall–Kier alpha value is -3.22. The monoisotopic (exact) mass is 369 g/mol. The van der Waals surface area contributed by atoms with Crippen LogP contribution in [0, 0.1) is 19.7 Å². The van der Waals surface area contributed by atoms with E-state index in [0.717, 1.165) is 10.5 Å². The van der Waals surface area contributed by atoms with Crippen LogP contribution < -0.4 is 10.2 Å². The number of nitrogens with one attached hydrogen (secondary N) is 1. The molecule has 1 aliphatic rings. The van der Waals surface area contributed by atoms with E-state index in [4.69, 9.17) is 0 Å². The van der Waals surface area contributed by atoms with Crippen molar-refractivity contribution in [3.63, 3.8) is 0 Å². The number of carbonyl (C=O) groups excluding carboxylic acids is 3. The number of hydrogen-bond donors (Lipinski definition) is 1. The summed E-state index contributed by atoms with van der Waals surface area (Å²) in [5.74, 6) is -1.47. The molecule has 4 amide bonds. The van der Waals surface area contributed by atoms with Gasteiger partial charge in [-0.2, -0.15) is 0 Å². The van der Waals surface area contributed by atoms with Crippen molar-refractivity contribution in [1.82, 2.24) is 4.90 Å². The molecule has 2 aromatic rings. The topological polar surface area (TPSA) is 69.7 Å². The molecule has 0 aliphatic carbocycles. The minimum absolute atomic E-state index is 0.269. The maximum absolute atomic E-state index is 13.6. The summed E-state index contributed by atoms with van der Waals surface area (Å²) in [7, 11) is 0. The van der Waals surface area contributed by atoms with Gasteiger partial charge >= 0.3 is 6.03 Å². The van der Waals surface area contributed by atoms with E-state index >= 15 is 0 Å². The number of imide groups is 1. The van der Waals surface area contributed by atoms with Gasteiger partial charge < -0.3 is 5.32 Å². The van der Waals surface area contributed by atoms with Gasteiger partial charge in [0, 0.05) is 11.4 Å². The van der Waals surface area contributed by atoms with Gasteiger partial charge in [0.05, 0.1) is 0 Å². The lowest BCUT2D eigenvalue weighted by atomic mass is 10.2. The van der Waals surface area contributed by atoms with E-state index in [1.165, 1.54) is 17.0 Å². The van der Waals surface area contributed by atoms with Crippen molar-refractivity contribution < 1.29 is 18.8 Å². The first-order valence-electron chi connectivity index (χ1n) is 8.55. The molecule has 0 spiro atoms. The van der Waals surface area contributed by atoms with Gasteiger partial charge in [0.1, 0.15) is 18.4 Å². The number of anilines is 2. The molecule has 0 aromatic heterocycles. The van der Waals surface area contributed by atoms with Gasteiger partial charge in [-0.05, 0) is 50.6 Å². The quantitative estimate of drug-likeness (QED) is 0.841. The lowest BCUT2D eigenvalue weighted by Gasteiger charge is -2.19. The summed E-state index contributed by atoms with van der Waals surface area (Å²) >= 11 is 0. The van der Waals surface area contributed by atoms with Crippen LogP contribution in [0.25, 0.3) is 0 Å². The zero-order valence-electron chi connectivity index (χ0n) is 15.3. The zero-order valence-corrected chi connectivity index (χ0v) is 15.3. The molecule has 1 aliphatic heterocycles. The Bertz CT molecular complexity index is 911. The van der Waals surface area contributed by atoms with E-state index in [1.54, 1.807) is 32.0 Å². The number of halogens is 1. The summed E-state index contributed by atoms with van der Waals surface area (Å²) in [4.78, 5) is 39.7. The van der Waals surface area contributed by atoms with Crippen LogP contribution >= 0.6 is 0 Å². The Morgan fingerprint density at radius 2 is 1.78 bits per heavy atom. The van der Waals surface area contributed by atoms with Gasteiger partial charge in [0.2, 0.25) is 5.91 Å². The highest BCUT2D eigenvalue weighted by Crippen LogP contribution is 2.26. The Morgan fingerprint density at radius 3 is 2.41 bits per heavy atom. The maximum atomic E-state index is 13.6. The molecule has 140 valence electrons. The maximum Gasteiger partial charge on any atom is 0.332 e. The highest BCUT2D eigenvalue weighted by atomic mass is 19.1. The molecular weight excluding hydrogens is 349 g/mol. The van der Waals surface area contributed by atoms with Crippen molar-refractivity contribution >= 4 is 29.2 Å². The molecule has 1 saturated heterocycles. The average molecular weight is 369 g/mol. The molecule has 7 heteroatoms. The van der Waals surface area contributed by atoms with E-state index < -0.39 is 36.2 Å². The fraction of sp³-hybridized carbons (Fsp3) is 0.250. The third-order valence-corrected chi connectivity index (χ3v) is 4.52. The molecule has 2 aromatic carbocycles. The number of hydrogen-bond acceptors (Lipinski definition) is 3. The Labute approximate surface area is 156 Å². The van der Waals surface area contributed by atoms with Crippen molar-refractivity contribution in [2.24, 2.45) is 0 Å². The van der Waals surface area contributed by atoms with Gasteiger partial charge in [-0.15, -0.1) is 0 Å². The van der Waals surface area contributed by atoms with Gasteiger partial charge in [-0.25, -0.2) is 9.18 Å². The van der Waals surface area contributed by atoms with E-state index in [2.05, 4.69) is 5.32 Å². The van der Waals surface area contributed by atoms with Crippen LogP contribution in [0.2, 0.25) is 0 Å². The summed E-state index contributed by atoms with van der Waals surface area (Å²) in [6.07, 6.45) is 0. The summed E-state index contributed by atoms with van der Waals surface area (Å²) in [5.41, 5.74) is 2.35. The molecular formula is C20H20FN3O3. The van der Waals surface area contributed by atoms with Crippen molar-refractivity contribution in [2.45, 2.75) is 26.8 Å². The number of amides is 4. The Balaban J connectivity index is 1.73. The van der Waals surface area contributed by atoms with E-state index in [0.29, 0.717) is 11.3 Å². The van der Waals surface area contributed by atoms with E-state index in [9.17, 15) is 18.8 Å². The number of rotatable bonds is 4. The number of urea groups is 1. The molecule has 1 fully saturated rings. The van der Waals surface area contributed by atoms with Gasteiger partial charge in [-0.3, -0.25) is 19.4 Å². The summed E-state index contributed by atoms with van der Waals surface area (Å²) in [6.45, 7) is 4.73. The van der Waals surface area contributed by atoms with Crippen molar-refractivity contribution in [2.75, 3.05) is 16.8 Å². The normalized spacial score (nSPS) is 16.8. The minimum Gasteiger partial charge on any atom is -0.324 e. The Morgan fingerprint density at radius 1 is 1.11 bits per heavy atom. The van der Waals surface area contributed by atoms with Crippen LogP contribution in [0.3, 0.4) is 0 Å². The van der Waals surface area contributed by atoms with Crippen molar-refractivity contribution in [3.8, 4) is 0 Å². The van der Waals surface area contributed by atoms with Crippen molar-refractivity contribution in [3.05, 3.63) is 59.4 Å². The molecule has 3 rings (SSSR count). The summed E-state index contributed by atoms with van der Waals surface area (Å²) in [6, 6.07) is 10.3. The van der Waals surface area contributed by atoms with E-state index in [-0.39, 0.29) is 5.69 Å². The van der Waals surface area contributed by atoms with Gasteiger partial charge in [0.15, 0.2) is 0 Å². The second-order valence-corrected chi connectivity index (χ2v) is 6.60. The van der Waals surface area contributed by atoms with Crippen LogP contribution in [0.4, 0.5) is 20.6 Å². The predicted octanol–water partition coefficient (Wildman–Crippen LogP) is 3.24. The molecule has 1 N–H and O–H groups in total. The zero-order chi connectivity index (χ0) is 19.7. The smallest absolute Gasteiger partial charge is 0.324 e. The van der Waals surface area contributed by atoms with Crippen LogP contribution in [0.1, 0.15) is 18.1 Å². The molecule has 0 bridgehead atoms. The lowest BCUT2D eigenvalue weighted by molar-refractivity contribution is -0.130. The second-order valence-electron chi connectivity index (χ2n) is 6.60. The fourth-order valence-corrected chi connectivity index (χ4v) is 2.93. The van der Waals surface area contributed by atoms with Crippen LogP contribution in [-0.2, 0) is 9.59 Å². The molecule has 0 radical (unpaired) electrons. The molecule has 0 saturated carbocycles. The highest BCUT2D eigenvalue weighted by molar-refractivity contribution is 6.16. The van der Waals surface area contributed by atoms with Crippen LogP contribution in [0.5, 0.6) is 0 Å². The summed E-state index contributed by atoms with van der Waals surface area (Å²) < 4.78 is 13.6. The Kier molecular flexibility index (Phi) is 4.94. The number of nitrogens with zero attached hydrogens (tertiary/aromatic N) is 2. The molecule has 27 heavy (non-hydrogen) atoms. The highest BCUT2D eigenvalue weighted by Gasteiger charge is 2.44. The average Bonchev–Trinajstić information content (AvgIpc) is 2.83.